The molecule has 1 aromatic heterocycles. The predicted molar refractivity (Wildman–Crippen MR) is 70.4 cm³/mol. The first-order chi connectivity index (χ1) is 8.68. The van der Waals surface area contributed by atoms with Crippen molar-refractivity contribution in [1.82, 2.24) is 14.9 Å². The number of hydrogen-bond acceptors (Lipinski definition) is 3. The number of piperidine rings is 1. The molecule has 2 aliphatic heterocycles. The number of rotatable bonds is 4. The molecule has 2 aliphatic rings. The molecule has 1 aromatic rings. The Labute approximate surface area is 108 Å². The zero-order valence-electron chi connectivity index (χ0n) is 11.1. The third kappa shape index (κ3) is 2.31. The molecule has 0 spiro atoms. The summed E-state index contributed by atoms with van der Waals surface area (Å²) in [7, 11) is 0. The maximum absolute atomic E-state index is 10.8. The minimum atomic E-state index is -0.548. The third-order valence-electron chi connectivity index (χ3n) is 4.34. The Kier molecular flexibility index (Phi) is 3.16. The molecule has 18 heavy (non-hydrogen) atoms. The van der Waals surface area contributed by atoms with Crippen LogP contribution in [0.2, 0.25) is 0 Å². The summed E-state index contributed by atoms with van der Waals surface area (Å²) in [5, 5.41) is 14.4. The Balaban J connectivity index is 1.73. The van der Waals surface area contributed by atoms with Crippen molar-refractivity contribution in [2.75, 3.05) is 0 Å². The number of aromatic nitrogens is 2. The SMILES string of the molecule is CCCn1ccnc1CC1(O)CC2CCC(C1)N2. The second kappa shape index (κ2) is 4.67. The molecular weight excluding hydrogens is 226 g/mol. The summed E-state index contributed by atoms with van der Waals surface area (Å²) in [6, 6.07) is 1.03. The van der Waals surface area contributed by atoms with E-state index in [0.29, 0.717) is 18.5 Å². The van der Waals surface area contributed by atoms with Crippen molar-refractivity contribution < 1.29 is 5.11 Å². The van der Waals surface area contributed by atoms with Gasteiger partial charge in [0.05, 0.1) is 5.60 Å². The quantitative estimate of drug-likeness (QED) is 0.850. The van der Waals surface area contributed by atoms with Crippen LogP contribution in [0.3, 0.4) is 0 Å². The number of hydrogen-bond donors (Lipinski definition) is 2. The number of fused-ring (bicyclic) bond motifs is 2. The van der Waals surface area contributed by atoms with Crippen molar-refractivity contribution in [1.29, 1.82) is 0 Å². The van der Waals surface area contributed by atoms with E-state index in [2.05, 4.69) is 21.8 Å². The molecular formula is C14H23N3O. The molecule has 0 amide bonds. The van der Waals surface area contributed by atoms with Gasteiger partial charge in [-0.1, -0.05) is 6.92 Å². The Morgan fingerprint density at radius 3 is 2.83 bits per heavy atom. The van der Waals surface area contributed by atoms with Crippen molar-refractivity contribution >= 4 is 0 Å². The zero-order chi connectivity index (χ0) is 12.6. The molecule has 3 rings (SSSR count). The summed E-state index contributed by atoms with van der Waals surface area (Å²) in [5.74, 6) is 1.04. The standard InChI is InChI=1S/C14H23N3O/c1-2-6-17-7-5-15-13(17)10-14(18)8-11-3-4-12(9-14)16-11/h5,7,11-12,16,18H,2-4,6,8-10H2,1H3. The molecule has 2 atom stereocenters. The topological polar surface area (TPSA) is 50.1 Å². The molecule has 100 valence electrons. The predicted octanol–water partition coefficient (Wildman–Crippen LogP) is 1.48. The molecule has 0 aliphatic carbocycles. The summed E-state index contributed by atoms with van der Waals surface area (Å²) in [6.45, 7) is 3.17. The van der Waals surface area contributed by atoms with Crippen LogP contribution < -0.4 is 5.32 Å². The van der Waals surface area contributed by atoms with Gasteiger partial charge in [0, 0.05) is 37.4 Å². The lowest BCUT2D eigenvalue weighted by Crippen LogP contribution is -2.49. The van der Waals surface area contributed by atoms with Crippen LogP contribution >= 0.6 is 0 Å². The first-order valence-electron chi connectivity index (χ1n) is 7.17. The van der Waals surface area contributed by atoms with Crippen LogP contribution in [0.25, 0.3) is 0 Å². The van der Waals surface area contributed by atoms with Crippen LogP contribution in [0.15, 0.2) is 12.4 Å². The number of imidazole rings is 1. The van der Waals surface area contributed by atoms with E-state index >= 15 is 0 Å². The van der Waals surface area contributed by atoms with E-state index in [-0.39, 0.29) is 0 Å². The highest BCUT2D eigenvalue weighted by Gasteiger charge is 2.42. The van der Waals surface area contributed by atoms with Gasteiger partial charge in [0.1, 0.15) is 5.82 Å². The lowest BCUT2D eigenvalue weighted by molar-refractivity contribution is -0.00834. The highest BCUT2D eigenvalue weighted by Crippen LogP contribution is 2.35. The van der Waals surface area contributed by atoms with Gasteiger partial charge in [0.15, 0.2) is 0 Å². The minimum Gasteiger partial charge on any atom is -0.389 e. The zero-order valence-corrected chi connectivity index (χ0v) is 11.1. The molecule has 2 fully saturated rings. The molecule has 0 radical (unpaired) electrons. The van der Waals surface area contributed by atoms with Gasteiger partial charge in [-0.05, 0) is 32.1 Å². The van der Waals surface area contributed by atoms with E-state index in [1.807, 2.05) is 12.4 Å². The highest BCUT2D eigenvalue weighted by atomic mass is 16.3. The number of nitrogens with zero attached hydrogens (tertiary/aromatic N) is 2. The average molecular weight is 249 g/mol. The van der Waals surface area contributed by atoms with E-state index in [1.165, 1.54) is 12.8 Å². The van der Waals surface area contributed by atoms with E-state index in [1.54, 1.807) is 0 Å². The lowest BCUT2D eigenvalue weighted by Gasteiger charge is -2.37. The number of aliphatic hydroxyl groups is 1. The van der Waals surface area contributed by atoms with Crippen molar-refractivity contribution in [3.8, 4) is 0 Å². The van der Waals surface area contributed by atoms with E-state index in [4.69, 9.17) is 0 Å². The fourth-order valence-electron chi connectivity index (χ4n) is 3.62. The van der Waals surface area contributed by atoms with E-state index in [0.717, 1.165) is 31.6 Å². The normalized spacial score (nSPS) is 35.0. The van der Waals surface area contributed by atoms with Crippen molar-refractivity contribution in [3.63, 3.8) is 0 Å². The van der Waals surface area contributed by atoms with E-state index in [9.17, 15) is 5.11 Å². The summed E-state index contributed by atoms with van der Waals surface area (Å²) in [5.41, 5.74) is -0.548. The third-order valence-corrected chi connectivity index (χ3v) is 4.34. The molecule has 0 aromatic carbocycles. The fraction of sp³-hybridized carbons (Fsp3) is 0.786. The Bertz CT molecular complexity index is 403. The maximum Gasteiger partial charge on any atom is 0.111 e. The molecule has 2 unspecified atom stereocenters. The second-order valence-electron chi connectivity index (χ2n) is 5.98. The smallest absolute Gasteiger partial charge is 0.111 e. The molecule has 4 heteroatoms. The largest absolute Gasteiger partial charge is 0.389 e. The molecule has 0 saturated carbocycles. The van der Waals surface area contributed by atoms with Gasteiger partial charge < -0.3 is 15.0 Å². The minimum absolute atomic E-state index is 0.517. The maximum atomic E-state index is 10.8. The first-order valence-corrected chi connectivity index (χ1v) is 7.17. The van der Waals surface area contributed by atoms with E-state index < -0.39 is 5.60 Å². The van der Waals surface area contributed by atoms with Gasteiger partial charge in [-0.25, -0.2) is 4.98 Å². The molecule has 3 heterocycles. The lowest BCUT2D eigenvalue weighted by atomic mass is 9.84. The summed E-state index contributed by atoms with van der Waals surface area (Å²) in [4.78, 5) is 4.43. The van der Waals surface area contributed by atoms with Crippen LogP contribution in [0.5, 0.6) is 0 Å². The van der Waals surface area contributed by atoms with Crippen LogP contribution in [-0.2, 0) is 13.0 Å². The summed E-state index contributed by atoms with van der Waals surface area (Å²) >= 11 is 0. The van der Waals surface area contributed by atoms with Gasteiger partial charge in [-0.2, -0.15) is 0 Å². The number of aryl methyl sites for hydroxylation is 1. The van der Waals surface area contributed by atoms with Gasteiger partial charge in [0.2, 0.25) is 0 Å². The van der Waals surface area contributed by atoms with Crippen molar-refractivity contribution in [2.24, 2.45) is 0 Å². The average Bonchev–Trinajstić information content (AvgIpc) is 2.87. The van der Waals surface area contributed by atoms with Crippen LogP contribution in [0.4, 0.5) is 0 Å². The van der Waals surface area contributed by atoms with Gasteiger partial charge in [0.25, 0.3) is 0 Å². The van der Waals surface area contributed by atoms with Gasteiger partial charge >= 0.3 is 0 Å². The summed E-state index contributed by atoms with van der Waals surface area (Å²) < 4.78 is 2.18. The van der Waals surface area contributed by atoms with Crippen LogP contribution in [-0.4, -0.2) is 32.3 Å². The fourth-order valence-corrected chi connectivity index (χ4v) is 3.62. The molecule has 2 N–H and O–H groups in total. The second-order valence-corrected chi connectivity index (χ2v) is 5.98. The Hall–Kier alpha value is -0.870. The Morgan fingerprint density at radius 1 is 1.44 bits per heavy atom. The monoisotopic (exact) mass is 249 g/mol. The van der Waals surface area contributed by atoms with Crippen molar-refractivity contribution in [3.05, 3.63) is 18.2 Å². The molecule has 2 bridgehead atoms. The van der Waals surface area contributed by atoms with Crippen LogP contribution in [0, 0.1) is 0 Å². The highest BCUT2D eigenvalue weighted by molar-refractivity contribution is 5.06. The molecule has 2 saturated heterocycles. The van der Waals surface area contributed by atoms with Crippen LogP contribution in [0.1, 0.15) is 44.9 Å². The van der Waals surface area contributed by atoms with Gasteiger partial charge in [-0.15, -0.1) is 0 Å². The van der Waals surface area contributed by atoms with Crippen molar-refractivity contribution in [2.45, 2.75) is 69.7 Å². The Morgan fingerprint density at radius 2 is 2.17 bits per heavy atom. The number of nitrogens with one attached hydrogen (secondary N) is 1. The first kappa shape index (κ1) is 12.2. The van der Waals surface area contributed by atoms with Gasteiger partial charge in [-0.3, -0.25) is 0 Å². The summed E-state index contributed by atoms with van der Waals surface area (Å²) in [6.07, 6.45) is 9.88. The molecule has 4 nitrogen and oxygen atoms in total.